The third-order valence-corrected chi connectivity index (χ3v) is 4.99. The van der Waals surface area contributed by atoms with Gasteiger partial charge in [0.2, 0.25) is 0 Å². The second-order valence-electron chi connectivity index (χ2n) is 6.60. The Morgan fingerprint density at radius 3 is 2.80 bits per heavy atom. The average Bonchev–Trinajstić information content (AvgIpc) is 3.10. The van der Waals surface area contributed by atoms with Crippen molar-refractivity contribution in [2.75, 3.05) is 13.1 Å². The zero-order chi connectivity index (χ0) is 13.9. The van der Waals surface area contributed by atoms with Gasteiger partial charge < -0.3 is 5.11 Å². The minimum absolute atomic E-state index is 0.181. The van der Waals surface area contributed by atoms with E-state index in [0.29, 0.717) is 12.0 Å². The standard InChI is InChI=1S/C16H27N3O/c1-13(20)14-7-9-18(11-14)12-15-8-10-19(17-15)16-5-3-2-4-6-16/h8,10,13-14,16,20H,2-7,9,11-12H2,1H3. The molecular formula is C16H27N3O. The van der Waals surface area contributed by atoms with E-state index in [1.807, 2.05) is 6.92 Å². The number of hydrogen-bond donors (Lipinski definition) is 1. The molecule has 3 rings (SSSR count). The lowest BCUT2D eigenvalue weighted by molar-refractivity contribution is 0.127. The van der Waals surface area contributed by atoms with E-state index in [-0.39, 0.29) is 6.10 Å². The van der Waals surface area contributed by atoms with Crippen LogP contribution in [0.15, 0.2) is 12.3 Å². The first-order chi connectivity index (χ1) is 9.72. The summed E-state index contributed by atoms with van der Waals surface area (Å²) < 4.78 is 2.19. The van der Waals surface area contributed by atoms with Crippen LogP contribution in [0.3, 0.4) is 0 Å². The van der Waals surface area contributed by atoms with Gasteiger partial charge >= 0.3 is 0 Å². The lowest BCUT2D eigenvalue weighted by Crippen LogP contribution is -2.24. The van der Waals surface area contributed by atoms with Gasteiger partial charge in [-0.3, -0.25) is 9.58 Å². The maximum atomic E-state index is 9.66. The molecule has 0 radical (unpaired) electrons. The van der Waals surface area contributed by atoms with Crippen LogP contribution < -0.4 is 0 Å². The second-order valence-corrected chi connectivity index (χ2v) is 6.60. The summed E-state index contributed by atoms with van der Waals surface area (Å²) in [6.45, 7) is 4.94. The number of aromatic nitrogens is 2. The average molecular weight is 277 g/mol. The fourth-order valence-corrected chi connectivity index (χ4v) is 3.64. The van der Waals surface area contributed by atoms with Gasteiger partial charge in [0.15, 0.2) is 0 Å². The van der Waals surface area contributed by atoms with Crippen molar-refractivity contribution in [3.05, 3.63) is 18.0 Å². The van der Waals surface area contributed by atoms with Crippen LogP contribution in [0, 0.1) is 5.92 Å². The highest BCUT2D eigenvalue weighted by Crippen LogP contribution is 2.28. The summed E-state index contributed by atoms with van der Waals surface area (Å²) in [6, 6.07) is 2.80. The third kappa shape index (κ3) is 3.23. The van der Waals surface area contributed by atoms with Crippen LogP contribution in [0.4, 0.5) is 0 Å². The van der Waals surface area contributed by atoms with Crippen LogP contribution in [0.1, 0.15) is 57.2 Å². The van der Waals surface area contributed by atoms with Crippen LogP contribution in [0.2, 0.25) is 0 Å². The van der Waals surface area contributed by atoms with Gasteiger partial charge in [0.1, 0.15) is 0 Å². The SMILES string of the molecule is CC(O)C1CCN(Cc2ccn(C3CCCCC3)n2)C1. The molecule has 0 spiro atoms. The quantitative estimate of drug-likeness (QED) is 0.919. The highest BCUT2D eigenvalue weighted by atomic mass is 16.3. The molecule has 2 aliphatic rings. The Hall–Kier alpha value is -0.870. The number of aliphatic hydroxyl groups is 1. The Morgan fingerprint density at radius 2 is 2.10 bits per heavy atom. The largest absolute Gasteiger partial charge is 0.393 e. The highest BCUT2D eigenvalue weighted by molar-refractivity contribution is 5.01. The molecule has 1 aliphatic heterocycles. The molecule has 1 saturated carbocycles. The molecule has 0 amide bonds. The maximum Gasteiger partial charge on any atom is 0.0764 e. The number of nitrogens with zero attached hydrogens (tertiary/aromatic N) is 3. The molecule has 0 bridgehead atoms. The first kappa shape index (κ1) is 14.1. The topological polar surface area (TPSA) is 41.3 Å². The van der Waals surface area contributed by atoms with Crippen molar-refractivity contribution in [3.8, 4) is 0 Å². The molecule has 0 aromatic carbocycles. The summed E-state index contributed by atoms with van der Waals surface area (Å²) in [4.78, 5) is 2.42. The Balaban J connectivity index is 1.55. The van der Waals surface area contributed by atoms with Crippen molar-refractivity contribution in [2.24, 2.45) is 5.92 Å². The molecule has 2 heterocycles. The number of rotatable bonds is 4. The lowest BCUT2D eigenvalue weighted by atomic mass is 9.96. The molecule has 4 nitrogen and oxygen atoms in total. The van der Waals surface area contributed by atoms with E-state index in [0.717, 1.165) is 26.1 Å². The van der Waals surface area contributed by atoms with Gasteiger partial charge in [0.25, 0.3) is 0 Å². The fraction of sp³-hybridized carbons (Fsp3) is 0.812. The third-order valence-electron chi connectivity index (χ3n) is 4.99. The van der Waals surface area contributed by atoms with E-state index in [1.54, 1.807) is 0 Å². The predicted octanol–water partition coefficient (Wildman–Crippen LogP) is 2.59. The van der Waals surface area contributed by atoms with Gasteiger partial charge in [0, 0.05) is 19.3 Å². The van der Waals surface area contributed by atoms with Crippen LogP contribution in [0.25, 0.3) is 0 Å². The van der Waals surface area contributed by atoms with Crippen LogP contribution in [-0.4, -0.2) is 39.0 Å². The van der Waals surface area contributed by atoms with Gasteiger partial charge in [-0.1, -0.05) is 19.3 Å². The molecule has 1 N–H and O–H groups in total. The Kier molecular flexibility index (Phi) is 4.41. The Morgan fingerprint density at radius 1 is 1.30 bits per heavy atom. The molecule has 112 valence electrons. The van der Waals surface area contributed by atoms with Gasteiger partial charge in [0.05, 0.1) is 17.8 Å². The predicted molar refractivity (Wildman–Crippen MR) is 79.4 cm³/mol. The van der Waals surface area contributed by atoms with E-state index in [2.05, 4.69) is 21.8 Å². The van der Waals surface area contributed by atoms with Crippen molar-refractivity contribution in [2.45, 2.75) is 64.1 Å². The zero-order valence-electron chi connectivity index (χ0n) is 12.5. The van der Waals surface area contributed by atoms with E-state index in [9.17, 15) is 5.11 Å². The van der Waals surface area contributed by atoms with Crippen molar-refractivity contribution < 1.29 is 5.11 Å². The molecule has 20 heavy (non-hydrogen) atoms. The normalized spacial score (nSPS) is 27.0. The van der Waals surface area contributed by atoms with Crippen molar-refractivity contribution in [1.82, 2.24) is 14.7 Å². The van der Waals surface area contributed by atoms with Gasteiger partial charge in [-0.15, -0.1) is 0 Å². The number of hydrogen-bond acceptors (Lipinski definition) is 3. The summed E-state index contributed by atoms with van der Waals surface area (Å²) in [5.41, 5.74) is 1.18. The molecule has 2 unspecified atom stereocenters. The Bertz CT molecular complexity index is 423. The smallest absolute Gasteiger partial charge is 0.0764 e. The van der Waals surface area contributed by atoms with Gasteiger partial charge in [-0.2, -0.15) is 5.10 Å². The first-order valence-electron chi connectivity index (χ1n) is 8.17. The minimum atomic E-state index is -0.181. The summed E-state index contributed by atoms with van der Waals surface area (Å²) in [7, 11) is 0. The van der Waals surface area contributed by atoms with Gasteiger partial charge in [-0.25, -0.2) is 0 Å². The number of aliphatic hydroxyl groups excluding tert-OH is 1. The molecule has 1 aliphatic carbocycles. The molecule has 2 atom stereocenters. The van der Waals surface area contributed by atoms with Gasteiger partial charge in [-0.05, 0) is 44.7 Å². The van der Waals surface area contributed by atoms with Crippen molar-refractivity contribution in [3.63, 3.8) is 0 Å². The fourth-order valence-electron chi connectivity index (χ4n) is 3.64. The molecular weight excluding hydrogens is 250 g/mol. The second kappa shape index (κ2) is 6.27. The summed E-state index contributed by atoms with van der Waals surface area (Å²) in [6.07, 6.45) is 9.75. The summed E-state index contributed by atoms with van der Waals surface area (Å²) in [5, 5.41) is 14.4. The van der Waals surface area contributed by atoms with E-state index < -0.39 is 0 Å². The lowest BCUT2D eigenvalue weighted by Gasteiger charge is -2.22. The molecule has 4 heteroatoms. The van der Waals surface area contributed by atoms with Crippen molar-refractivity contribution >= 4 is 0 Å². The van der Waals surface area contributed by atoms with E-state index in [4.69, 9.17) is 5.10 Å². The number of likely N-dealkylation sites (tertiary alicyclic amines) is 1. The van der Waals surface area contributed by atoms with Crippen LogP contribution in [-0.2, 0) is 6.54 Å². The molecule has 2 fully saturated rings. The highest BCUT2D eigenvalue weighted by Gasteiger charge is 2.26. The Labute approximate surface area is 121 Å². The first-order valence-corrected chi connectivity index (χ1v) is 8.17. The van der Waals surface area contributed by atoms with E-state index in [1.165, 1.54) is 37.8 Å². The monoisotopic (exact) mass is 277 g/mol. The van der Waals surface area contributed by atoms with E-state index >= 15 is 0 Å². The van der Waals surface area contributed by atoms with Crippen LogP contribution >= 0.6 is 0 Å². The molecule has 1 aromatic rings. The molecule has 1 aromatic heterocycles. The zero-order valence-corrected chi connectivity index (χ0v) is 12.5. The van der Waals surface area contributed by atoms with Crippen molar-refractivity contribution in [1.29, 1.82) is 0 Å². The van der Waals surface area contributed by atoms with Crippen LogP contribution in [0.5, 0.6) is 0 Å². The maximum absolute atomic E-state index is 9.66. The summed E-state index contributed by atoms with van der Waals surface area (Å²) >= 11 is 0. The minimum Gasteiger partial charge on any atom is -0.393 e. The molecule has 1 saturated heterocycles. The summed E-state index contributed by atoms with van der Waals surface area (Å²) in [5.74, 6) is 0.440.